The van der Waals surface area contributed by atoms with Crippen molar-refractivity contribution in [2.24, 2.45) is 5.92 Å². The maximum Gasteiger partial charge on any atom is 0.0127 e. The first kappa shape index (κ1) is 10.0. The van der Waals surface area contributed by atoms with Crippen LogP contribution in [0.15, 0.2) is 0 Å². The third-order valence-corrected chi connectivity index (χ3v) is 3.10. The van der Waals surface area contributed by atoms with Crippen molar-refractivity contribution in [1.82, 2.24) is 4.90 Å². The standard InChI is InChI=1S/C11H23N/c1-6-10-7-9(2)12(8-10)11(3,4)5/h9-10H,6-8H2,1-5H3/t9-,10+/m0/s1. The van der Waals surface area contributed by atoms with Gasteiger partial charge in [0.05, 0.1) is 0 Å². The first-order chi connectivity index (χ1) is 5.45. The molecule has 0 bridgehead atoms. The molecule has 0 radical (unpaired) electrons. The van der Waals surface area contributed by atoms with E-state index in [4.69, 9.17) is 0 Å². The van der Waals surface area contributed by atoms with Crippen molar-refractivity contribution >= 4 is 0 Å². The highest BCUT2D eigenvalue weighted by molar-refractivity contribution is 4.89. The summed E-state index contributed by atoms with van der Waals surface area (Å²) in [6.07, 6.45) is 2.74. The topological polar surface area (TPSA) is 3.24 Å². The minimum atomic E-state index is 0.364. The van der Waals surface area contributed by atoms with Gasteiger partial charge in [-0.05, 0) is 40.0 Å². The van der Waals surface area contributed by atoms with Crippen LogP contribution < -0.4 is 0 Å². The first-order valence-electron chi connectivity index (χ1n) is 5.22. The Morgan fingerprint density at radius 2 is 1.92 bits per heavy atom. The quantitative estimate of drug-likeness (QED) is 0.583. The van der Waals surface area contributed by atoms with Crippen molar-refractivity contribution in [2.45, 2.75) is 59.0 Å². The molecule has 1 saturated heterocycles. The Bertz CT molecular complexity index is 146. The predicted molar refractivity (Wildman–Crippen MR) is 54.3 cm³/mol. The highest BCUT2D eigenvalue weighted by Gasteiger charge is 2.34. The molecule has 1 heterocycles. The van der Waals surface area contributed by atoms with Gasteiger partial charge < -0.3 is 0 Å². The van der Waals surface area contributed by atoms with Crippen LogP contribution in [0.2, 0.25) is 0 Å². The zero-order valence-corrected chi connectivity index (χ0v) is 9.22. The summed E-state index contributed by atoms with van der Waals surface area (Å²) in [4.78, 5) is 2.64. The van der Waals surface area contributed by atoms with Gasteiger partial charge in [-0.3, -0.25) is 4.90 Å². The van der Waals surface area contributed by atoms with E-state index in [1.807, 2.05) is 0 Å². The summed E-state index contributed by atoms with van der Waals surface area (Å²) in [5.74, 6) is 0.944. The molecule has 0 unspecified atom stereocenters. The van der Waals surface area contributed by atoms with Gasteiger partial charge in [0.15, 0.2) is 0 Å². The molecule has 12 heavy (non-hydrogen) atoms. The normalized spacial score (nSPS) is 32.8. The van der Waals surface area contributed by atoms with E-state index in [2.05, 4.69) is 39.5 Å². The minimum absolute atomic E-state index is 0.364. The zero-order chi connectivity index (χ0) is 9.35. The molecular weight excluding hydrogens is 146 g/mol. The molecule has 0 aromatic carbocycles. The summed E-state index contributed by atoms with van der Waals surface area (Å²) in [6, 6.07) is 0.787. The maximum absolute atomic E-state index is 2.64. The summed E-state index contributed by atoms with van der Waals surface area (Å²) >= 11 is 0. The van der Waals surface area contributed by atoms with Gasteiger partial charge in [0.25, 0.3) is 0 Å². The lowest BCUT2D eigenvalue weighted by atomic mass is 10.0. The van der Waals surface area contributed by atoms with Gasteiger partial charge in [-0.2, -0.15) is 0 Å². The summed E-state index contributed by atoms with van der Waals surface area (Å²) in [5.41, 5.74) is 0.364. The van der Waals surface area contributed by atoms with Crippen LogP contribution in [0.25, 0.3) is 0 Å². The van der Waals surface area contributed by atoms with E-state index in [9.17, 15) is 0 Å². The number of rotatable bonds is 1. The first-order valence-corrected chi connectivity index (χ1v) is 5.22. The average Bonchev–Trinajstić information content (AvgIpc) is 2.29. The third-order valence-electron chi connectivity index (χ3n) is 3.10. The van der Waals surface area contributed by atoms with Gasteiger partial charge in [-0.15, -0.1) is 0 Å². The molecule has 1 nitrogen and oxygen atoms in total. The Balaban J connectivity index is 2.58. The van der Waals surface area contributed by atoms with Crippen molar-refractivity contribution in [3.05, 3.63) is 0 Å². The SMILES string of the molecule is CC[C@@H]1C[C@H](C)N(C(C)(C)C)C1. The van der Waals surface area contributed by atoms with Crippen molar-refractivity contribution < 1.29 is 0 Å². The number of hydrogen-bond acceptors (Lipinski definition) is 1. The van der Waals surface area contributed by atoms with E-state index in [0.717, 1.165) is 12.0 Å². The molecule has 1 heteroatoms. The Morgan fingerprint density at radius 1 is 1.33 bits per heavy atom. The summed E-state index contributed by atoms with van der Waals surface area (Å²) in [7, 11) is 0. The van der Waals surface area contributed by atoms with Gasteiger partial charge in [-0.1, -0.05) is 13.3 Å². The Morgan fingerprint density at radius 3 is 2.17 bits per heavy atom. The Labute approximate surface area is 77.1 Å². The van der Waals surface area contributed by atoms with Crippen LogP contribution in [0, 0.1) is 5.92 Å². The molecule has 1 rings (SSSR count). The maximum atomic E-state index is 2.64. The highest BCUT2D eigenvalue weighted by atomic mass is 15.2. The summed E-state index contributed by atoms with van der Waals surface area (Å²) in [5, 5.41) is 0. The second kappa shape index (κ2) is 3.37. The van der Waals surface area contributed by atoms with Crippen molar-refractivity contribution in [1.29, 1.82) is 0 Å². The van der Waals surface area contributed by atoms with Crippen LogP contribution in [-0.4, -0.2) is 23.0 Å². The fraction of sp³-hybridized carbons (Fsp3) is 1.00. The molecule has 72 valence electrons. The van der Waals surface area contributed by atoms with E-state index < -0.39 is 0 Å². The second-order valence-corrected chi connectivity index (χ2v) is 5.18. The highest BCUT2D eigenvalue weighted by Crippen LogP contribution is 2.31. The molecule has 2 atom stereocenters. The molecule has 0 N–H and O–H groups in total. The number of hydrogen-bond donors (Lipinski definition) is 0. The van der Waals surface area contributed by atoms with Crippen LogP contribution in [-0.2, 0) is 0 Å². The smallest absolute Gasteiger partial charge is 0.0127 e. The molecule has 0 amide bonds. The molecule has 0 spiro atoms. The monoisotopic (exact) mass is 169 g/mol. The van der Waals surface area contributed by atoms with Crippen LogP contribution in [0.3, 0.4) is 0 Å². The van der Waals surface area contributed by atoms with Crippen LogP contribution in [0.1, 0.15) is 47.5 Å². The minimum Gasteiger partial charge on any atom is -0.296 e. The molecule has 0 aromatic heterocycles. The van der Waals surface area contributed by atoms with Gasteiger partial charge in [0, 0.05) is 18.1 Å². The van der Waals surface area contributed by atoms with Gasteiger partial charge in [0.2, 0.25) is 0 Å². The lowest BCUT2D eigenvalue weighted by molar-refractivity contribution is 0.127. The van der Waals surface area contributed by atoms with Crippen molar-refractivity contribution in [2.75, 3.05) is 6.54 Å². The molecule has 1 fully saturated rings. The largest absolute Gasteiger partial charge is 0.296 e. The average molecular weight is 169 g/mol. The number of nitrogens with zero attached hydrogens (tertiary/aromatic N) is 1. The molecule has 1 aliphatic rings. The fourth-order valence-corrected chi connectivity index (χ4v) is 2.37. The molecule has 0 saturated carbocycles. The molecule has 0 aliphatic carbocycles. The lowest BCUT2D eigenvalue weighted by Gasteiger charge is -2.35. The van der Waals surface area contributed by atoms with E-state index in [1.165, 1.54) is 19.4 Å². The molecule has 1 aliphatic heterocycles. The van der Waals surface area contributed by atoms with E-state index in [1.54, 1.807) is 0 Å². The number of likely N-dealkylation sites (tertiary alicyclic amines) is 1. The molecular formula is C11H23N. The van der Waals surface area contributed by atoms with Gasteiger partial charge >= 0.3 is 0 Å². The Kier molecular flexibility index (Phi) is 2.82. The summed E-state index contributed by atoms with van der Waals surface area (Å²) in [6.45, 7) is 12.9. The van der Waals surface area contributed by atoms with Crippen LogP contribution >= 0.6 is 0 Å². The van der Waals surface area contributed by atoms with Crippen molar-refractivity contribution in [3.8, 4) is 0 Å². The molecule has 0 aromatic rings. The second-order valence-electron chi connectivity index (χ2n) is 5.18. The van der Waals surface area contributed by atoms with E-state index in [-0.39, 0.29) is 0 Å². The van der Waals surface area contributed by atoms with Crippen LogP contribution in [0.4, 0.5) is 0 Å². The lowest BCUT2D eigenvalue weighted by Crippen LogP contribution is -2.43. The van der Waals surface area contributed by atoms with Crippen molar-refractivity contribution in [3.63, 3.8) is 0 Å². The Hall–Kier alpha value is -0.0400. The third kappa shape index (κ3) is 2.01. The van der Waals surface area contributed by atoms with Gasteiger partial charge in [-0.25, -0.2) is 0 Å². The van der Waals surface area contributed by atoms with E-state index in [0.29, 0.717) is 5.54 Å². The fourth-order valence-electron chi connectivity index (χ4n) is 2.37. The predicted octanol–water partition coefficient (Wildman–Crippen LogP) is 2.91. The summed E-state index contributed by atoms with van der Waals surface area (Å²) < 4.78 is 0. The van der Waals surface area contributed by atoms with Crippen LogP contribution in [0.5, 0.6) is 0 Å². The van der Waals surface area contributed by atoms with E-state index >= 15 is 0 Å². The van der Waals surface area contributed by atoms with Gasteiger partial charge in [0.1, 0.15) is 0 Å². The zero-order valence-electron chi connectivity index (χ0n) is 9.22.